The molecule has 0 bridgehead atoms. The normalized spacial score (nSPS) is 19.1. The zero-order valence-electron chi connectivity index (χ0n) is 15.2. The third-order valence-corrected chi connectivity index (χ3v) is 5.06. The van der Waals surface area contributed by atoms with Gasteiger partial charge >= 0.3 is 0 Å². The molecule has 0 amide bonds. The molecule has 0 saturated heterocycles. The SMILES string of the molecule is Cc1onc(-c2ccccc2)c1C1=NN(CC2CC2)C(c2ccccc2)O1. The van der Waals surface area contributed by atoms with Gasteiger partial charge < -0.3 is 9.26 Å². The summed E-state index contributed by atoms with van der Waals surface area (Å²) in [5.41, 5.74) is 3.70. The molecule has 2 heterocycles. The number of hydrazone groups is 1. The zero-order valence-corrected chi connectivity index (χ0v) is 15.2. The van der Waals surface area contributed by atoms with Crippen molar-refractivity contribution in [2.75, 3.05) is 6.54 Å². The second-order valence-corrected chi connectivity index (χ2v) is 7.18. The third kappa shape index (κ3) is 3.10. The van der Waals surface area contributed by atoms with Crippen LogP contribution in [0.1, 0.15) is 36.0 Å². The van der Waals surface area contributed by atoms with Crippen molar-refractivity contribution < 1.29 is 9.26 Å². The predicted molar refractivity (Wildman–Crippen MR) is 103 cm³/mol. The van der Waals surface area contributed by atoms with E-state index in [0.29, 0.717) is 17.6 Å². The molecule has 1 aliphatic heterocycles. The molecule has 3 aromatic rings. The van der Waals surface area contributed by atoms with Crippen molar-refractivity contribution in [3.8, 4) is 11.3 Å². The second-order valence-electron chi connectivity index (χ2n) is 7.18. The van der Waals surface area contributed by atoms with Crippen LogP contribution in [0, 0.1) is 12.8 Å². The van der Waals surface area contributed by atoms with Crippen molar-refractivity contribution in [3.05, 3.63) is 77.6 Å². The molecule has 1 unspecified atom stereocenters. The van der Waals surface area contributed by atoms with E-state index in [4.69, 9.17) is 14.4 Å². The molecule has 5 heteroatoms. The molecule has 2 aromatic carbocycles. The van der Waals surface area contributed by atoms with Gasteiger partial charge in [0, 0.05) is 17.7 Å². The number of aromatic nitrogens is 1. The highest BCUT2D eigenvalue weighted by atomic mass is 16.5. The van der Waals surface area contributed by atoms with Crippen LogP contribution in [0.3, 0.4) is 0 Å². The first-order chi connectivity index (χ1) is 13.3. The van der Waals surface area contributed by atoms with Crippen molar-refractivity contribution in [1.29, 1.82) is 0 Å². The minimum Gasteiger partial charge on any atom is -0.446 e. The zero-order chi connectivity index (χ0) is 18.2. The fourth-order valence-electron chi connectivity index (χ4n) is 3.44. The van der Waals surface area contributed by atoms with Crippen LogP contribution in [0.25, 0.3) is 11.3 Å². The number of hydrogen-bond acceptors (Lipinski definition) is 5. The smallest absolute Gasteiger partial charge is 0.246 e. The summed E-state index contributed by atoms with van der Waals surface area (Å²) in [7, 11) is 0. The Morgan fingerprint density at radius 2 is 1.70 bits per heavy atom. The fourth-order valence-corrected chi connectivity index (χ4v) is 3.44. The van der Waals surface area contributed by atoms with Crippen molar-refractivity contribution in [2.24, 2.45) is 11.0 Å². The van der Waals surface area contributed by atoms with Gasteiger partial charge in [-0.3, -0.25) is 5.01 Å². The lowest BCUT2D eigenvalue weighted by molar-refractivity contribution is 0.0526. The fraction of sp³-hybridized carbons (Fsp3) is 0.273. The van der Waals surface area contributed by atoms with Crippen molar-refractivity contribution in [2.45, 2.75) is 26.0 Å². The summed E-state index contributed by atoms with van der Waals surface area (Å²) in [5, 5.41) is 11.2. The molecule has 5 nitrogen and oxygen atoms in total. The number of aryl methyl sites for hydroxylation is 1. The van der Waals surface area contributed by atoms with Crippen molar-refractivity contribution >= 4 is 5.90 Å². The Kier molecular flexibility index (Phi) is 3.93. The average Bonchev–Trinajstić information content (AvgIpc) is 3.30. The minimum absolute atomic E-state index is 0.209. The summed E-state index contributed by atoms with van der Waals surface area (Å²) in [6, 6.07) is 20.3. The summed E-state index contributed by atoms with van der Waals surface area (Å²) in [5.74, 6) is 2.01. The first-order valence-electron chi connectivity index (χ1n) is 9.38. The lowest BCUT2D eigenvalue weighted by Gasteiger charge is -2.22. The summed E-state index contributed by atoms with van der Waals surface area (Å²) < 4.78 is 11.9. The average molecular weight is 359 g/mol. The number of benzene rings is 2. The molecule has 0 N–H and O–H groups in total. The molecule has 2 aliphatic rings. The van der Waals surface area contributed by atoms with E-state index in [0.717, 1.165) is 28.9 Å². The van der Waals surface area contributed by atoms with Crippen molar-refractivity contribution in [1.82, 2.24) is 10.2 Å². The molecular formula is C22H21N3O2. The first kappa shape index (κ1) is 16.1. The lowest BCUT2D eigenvalue weighted by atomic mass is 10.1. The topological polar surface area (TPSA) is 50.9 Å². The standard InChI is InChI=1S/C22H21N3O2/c1-15-19(20(24-27-15)17-8-4-2-5-9-17)21-23-25(14-16-12-13-16)22(26-21)18-10-6-3-7-11-18/h2-11,16,22H,12-14H2,1H3. The molecule has 1 atom stereocenters. The van der Waals surface area contributed by atoms with Gasteiger partial charge in [0.25, 0.3) is 0 Å². The van der Waals surface area contributed by atoms with Gasteiger partial charge in [-0.1, -0.05) is 65.8 Å². The Hall–Kier alpha value is -3.08. The minimum atomic E-state index is -0.209. The van der Waals surface area contributed by atoms with Crippen LogP contribution >= 0.6 is 0 Å². The van der Waals surface area contributed by atoms with Crippen LogP contribution in [0.4, 0.5) is 0 Å². The molecular weight excluding hydrogens is 338 g/mol. The maximum atomic E-state index is 6.35. The van der Waals surface area contributed by atoms with Gasteiger partial charge in [-0.2, -0.15) is 0 Å². The van der Waals surface area contributed by atoms with Crippen LogP contribution in [-0.4, -0.2) is 22.6 Å². The van der Waals surface area contributed by atoms with Crippen LogP contribution in [0.2, 0.25) is 0 Å². The van der Waals surface area contributed by atoms with Gasteiger partial charge in [-0.05, 0) is 25.7 Å². The third-order valence-electron chi connectivity index (χ3n) is 5.06. The van der Waals surface area contributed by atoms with Crippen LogP contribution in [0.15, 0.2) is 70.3 Å². The summed E-state index contributed by atoms with van der Waals surface area (Å²) in [6.07, 6.45) is 2.33. The van der Waals surface area contributed by atoms with Crippen molar-refractivity contribution in [3.63, 3.8) is 0 Å². The number of nitrogens with zero attached hydrogens (tertiary/aromatic N) is 3. The highest BCUT2D eigenvalue weighted by Crippen LogP contribution is 2.38. The molecule has 1 fully saturated rings. The molecule has 27 heavy (non-hydrogen) atoms. The Morgan fingerprint density at radius 1 is 1.00 bits per heavy atom. The quantitative estimate of drug-likeness (QED) is 0.659. The monoisotopic (exact) mass is 359 g/mol. The Morgan fingerprint density at radius 3 is 2.41 bits per heavy atom. The van der Waals surface area contributed by atoms with E-state index >= 15 is 0 Å². The molecule has 5 rings (SSSR count). The first-order valence-corrected chi connectivity index (χ1v) is 9.38. The van der Waals surface area contributed by atoms with Crippen LogP contribution < -0.4 is 0 Å². The molecule has 1 saturated carbocycles. The molecule has 0 spiro atoms. The highest BCUT2D eigenvalue weighted by molar-refractivity contribution is 6.01. The van der Waals surface area contributed by atoms with Gasteiger partial charge in [-0.15, -0.1) is 5.10 Å². The molecule has 1 aromatic heterocycles. The van der Waals surface area contributed by atoms with E-state index in [1.165, 1.54) is 12.8 Å². The molecule has 1 aliphatic carbocycles. The summed E-state index contributed by atoms with van der Waals surface area (Å²) >= 11 is 0. The number of rotatable bonds is 5. The van der Waals surface area contributed by atoms with Gasteiger partial charge in [0.05, 0.1) is 0 Å². The highest BCUT2D eigenvalue weighted by Gasteiger charge is 2.36. The lowest BCUT2D eigenvalue weighted by Crippen LogP contribution is -2.22. The van der Waals surface area contributed by atoms with Gasteiger partial charge in [0.2, 0.25) is 12.1 Å². The summed E-state index contributed by atoms with van der Waals surface area (Å²) in [4.78, 5) is 0. The molecule has 0 radical (unpaired) electrons. The Labute approximate surface area is 158 Å². The van der Waals surface area contributed by atoms with E-state index in [2.05, 4.69) is 22.3 Å². The van der Waals surface area contributed by atoms with Crippen LogP contribution in [-0.2, 0) is 4.74 Å². The van der Waals surface area contributed by atoms with E-state index < -0.39 is 0 Å². The maximum absolute atomic E-state index is 6.35. The van der Waals surface area contributed by atoms with Crippen LogP contribution in [0.5, 0.6) is 0 Å². The predicted octanol–water partition coefficient (Wildman–Crippen LogP) is 4.75. The van der Waals surface area contributed by atoms with E-state index in [-0.39, 0.29) is 6.23 Å². The number of ether oxygens (including phenoxy) is 1. The number of hydrogen-bond donors (Lipinski definition) is 0. The van der Waals surface area contributed by atoms with Gasteiger partial charge in [0.1, 0.15) is 17.0 Å². The summed E-state index contributed by atoms with van der Waals surface area (Å²) in [6.45, 7) is 2.82. The van der Waals surface area contributed by atoms with E-state index in [1.54, 1.807) is 0 Å². The van der Waals surface area contributed by atoms with E-state index in [9.17, 15) is 0 Å². The maximum Gasteiger partial charge on any atom is 0.246 e. The largest absolute Gasteiger partial charge is 0.446 e. The van der Waals surface area contributed by atoms with Gasteiger partial charge in [-0.25, -0.2) is 0 Å². The Bertz CT molecular complexity index is 962. The Balaban J connectivity index is 1.53. The van der Waals surface area contributed by atoms with E-state index in [1.807, 2.05) is 55.5 Å². The van der Waals surface area contributed by atoms with Gasteiger partial charge in [0.15, 0.2) is 0 Å². The second kappa shape index (κ2) is 6.58. The molecule has 136 valence electrons.